The number of para-hydroxylation sites is 1. The van der Waals surface area contributed by atoms with Crippen molar-refractivity contribution in [2.45, 2.75) is 19.9 Å². The second kappa shape index (κ2) is 7.59. The number of sulfonamides is 1. The number of nitrogens with zero attached hydrogens (tertiary/aromatic N) is 2. The molecule has 0 aliphatic heterocycles. The highest BCUT2D eigenvalue weighted by Gasteiger charge is 2.28. The number of nitrogens with one attached hydrogen (secondary N) is 1. The fourth-order valence-corrected chi connectivity index (χ4v) is 4.11. The van der Waals surface area contributed by atoms with Crippen LogP contribution in [-0.4, -0.2) is 32.8 Å². The van der Waals surface area contributed by atoms with Crippen LogP contribution in [0, 0.1) is 6.92 Å². The highest BCUT2D eigenvalue weighted by atomic mass is 32.2. The summed E-state index contributed by atoms with van der Waals surface area (Å²) >= 11 is 1.51. The lowest BCUT2D eigenvalue weighted by molar-refractivity contribution is -0.121. The molecule has 1 atom stereocenters. The average molecular weight is 365 g/mol. The molecule has 0 bridgehead atoms. The average Bonchev–Trinajstić information content (AvgIpc) is 2.92. The third-order valence-corrected chi connectivity index (χ3v) is 5.55. The summed E-state index contributed by atoms with van der Waals surface area (Å²) in [5, 5.41) is 5.85. The van der Waals surface area contributed by atoms with Crippen LogP contribution in [0.3, 0.4) is 0 Å². The Morgan fingerprint density at radius 1 is 1.29 bits per heavy atom. The lowest BCUT2D eigenvalue weighted by atomic mass is 10.2. The number of carbonyl (C=O) groups excluding carboxylic acids is 1. The van der Waals surface area contributed by atoms with Gasteiger partial charge in [-0.25, -0.2) is 13.8 Å². The van der Waals surface area contributed by atoms with E-state index in [0.29, 0.717) is 5.69 Å². The Hall–Kier alpha value is -2.19. The Labute approximate surface area is 145 Å². The summed E-state index contributed by atoms with van der Waals surface area (Å²) in [6.45, 7) is 3.47. The number of hydrazone groups is 1. The van der Waals surface area contributed by atoms with Crippen LogP contribution in [0.1, 0.15) is 17.4 Å². The molecule has 0 aliphatic carbocycles. The highest BCUT2D eigenvalue weighted by Crippen LogP contribution is 2.20. The smallest absolute Gasteiger partial charge is 0.263 e. The van der Waals surface area contributed by atoms with Crippen LogP contribution >= 0.6 is 11.3 Å². The Kier molecular flexibility index (Phi) is 5.74. The fourth-order valence-electron chi connectivity index (χ4n) is 2.15. The lowest BCUT2D eigenvalue weighted by Crippen LogP contribution is -2.46. The topological polar surface area (TPSA) is 78.8 Å². The maximum Gasteiger partial charge on any atom is 0.263 e. The van der Waals surface area contributed by atoms with E-state index in [4.69, 9.17) is 0 Å². The van der Waals surface area contributed by atoms with E-state index >= 15 is 0 Å². The SMILES string of the molecule is Cc1ccsc1/C=N\NC(=O)[C@@H](C)N(c1ccccc1)S(C)(=O)=O. The normalized spacial score (nSPS) is 13.0. The Morgan fingerprint density at radius 3 is 2.50 bits per heavy atom. The maximum absolute atomic E-state index is 12.3. The second-order valence-corrected chi connectivity index (χ2v) is 8.08. The van der Waals surface area contributed by atoms with E-state index in [1.807, 2.05) is 18.4 Å². The molecule has 0 aliphatic rings. The van der Waals surface area contributed by atoms with Gasteiger partial charge in [0.1, 0.15) is 6.04 Å². The van der Waals surface area contributed by atoms with E-state index in [1.54, 1.807) is 36.5 Å². The second-order valence-electron chi connectivity index (χ2n) is 5.27. The molecule has 2 rings (SSSR count). The van der Waals surface area contributed by atoms with Crippen LogP contribution < -0.4 is 9.73 Å². The summed E-state index contributed by atoms with van der Waals surface area (Å²) in [7, 11) is -3.61. The molecule has 6 nitrogen and oxygen atoms in total. The van der Waals surface area contributed by atoms with E-state index in [9.17, 15) is 13.2 Å². The van der Waals surface area contributed by atoms with Crippen LogP contribution in [0.25, 0.3) is 0 Å². The van der Waals surface area contributed by atoms with Crippen molar-refractivity contribution in [3.8, 4) is 0 Å². The van der Waals surface area contributed by atoms with Gasteiger partial charge in [0.2, 0.25) is 10.0 Å². The number of benzene rings is 1. The summed E-state index contributed by atoms with van der Waals surface area (Å²) < 4.78 is 25.3. The number of rotatable bonds is 6. The van der Waals surface area contributed by atoms with E-state index in [0.717, 1.165) is 21.0 Å². The van der Waals surface area contributed by atoms with Gasteiger partial charge >= 0.3 is 0 Å². The Morgan fingerprint density at radius 2 is 1.96 bits per heavy atom. The third kappa shape index (κ3) is 4.42. The highest BCUT2D eigenvalue weighted by molar-refractivity contribution is 7.92. The minimum Gasteiger partial charge on any atom is -0.271 e. The minimum absolute atomic E-state index is 0.431. The van der Waals surface area contributed by atoms with Gasteiger partial charge in [-0.15, -0.1) is 11.3 Å². The van der Waals surface area contributed by atoms with Gasteiger partial charge in [0, 0.05) is 4.88 Å². The van der Waals surface area contributed by atoms with Crippen LogP contribution in [0.5, 0.6) is 0 Å². The van der Waals surface area contributed by atoms with Gasteiger partial charge in [-0.2, -0.15) is 5.10 Å². The molecule has 24 heavy (non-hydrogen) atoms. The van der Waals surface area contributed by atoms with Gasteiger partial charge in [-0.05, 0) is 43.0 Å². The first-order chi connectivity index (χ1) is 11.3. The van der Waals surface area contributed by atoms with E-state index < -0.39 is 22.0 Å². The number of anilines is 1. The van der Waals surface area contributed by atoms with Crippen molar-refractivity contribution in [2.75, 3.05) is 10.6 Å². The molecule has 1 N–H and O–H groups in total. The Bertz CT molecular complexity index is 829. The first-order valence-corrected chi connectivity index (χ1v) is 9.95. The molecule has 8 heteroatoms. The van der Waals surface area contributed by atoms with Crippen LogP contribution in [0.4, 0.5) is 5.69 Å². The zero-order valence-electron chi connectivity index (χ0n) is 13.6. The van der Waals surface area contributed by atoms with Crippen molar-refractivity contribution in [3.05, 3.63) is 52.2 Å². The van der Waals surface area contributed by atoms with E-state index in [1.165, 1.54) is 18.3 Å². The Balaban J connectivity index is 2.15. The molecule has 0 unspecified atom stereocenters. The summed E-state index contributed by atoms with van der Waals surface area (Å²) in [6.07, 6.45) is 2.62. The maximum atomic E-state index is 12.3. The molecule has 2 aromatic rings. The van der Waals surface area contributed by atoms with Gasteiger partial charge in [-0.3, -0.25) is 9.10 Å². The van der Waals surface area contributed by atoms with Crippen molar-refractivity contribution in [1.82, 2.24) is 5.43 Å². The summed E-state index contributed by atoms with van der Waals surface area (Å²) in [5.74, 6) is -0.505. The zero-order valence-corrected chi connectivity index (χ0v) is 15.3. The number of carbonyl (C=O) groups is 1. The molecule has 128 valence electrons. The molecule has 1 amide bonds. The van der Waals surface area contributed by atoms with Gasteiger partial charge in [0.15, 0.2) is 0 Å². The first kappa shape index (κ1) is 18.2. The zero-order chi connectivity index (χ0) is 17.7. The minimum atomic E-state index is -3.61. The van der Waals surface area contributed by atoms with Crippen LogP contribution in [0.15, 0.2) is 46.9 Å². The number of thiophene rings is 1. The van der Waals surface area contributed by atoms with Crippen molar-refractivity contribution < 1.29 is 13.2 Å². The molecule has 1 heterocycles. The lowest BCUT2D eigenvalue weighted by Gasteiger charge is -2.27. The molecular formula is C16H19N3O3S2. The number of amides is 1. The summed E-state index contributed by atoms with van der Waals surface area (Å²) in [4.78, 5) is 13.2. The van der Waals surface area contributed by atoms with Crippen molar-refractivity contribution in [2.24, 2.45) is 5.10 Å². The van der Waals surface area contributed by atoms with Crippen LogP contribution in [-0.2, 0) is 14.8 Å². The number of hydrogen-bond acceptors (Lipinski definition) is 5. The van der Waals surface area contributed by atoms with E-state index in [2.05, 4.69) is 10.5 Å². The van der Waals surface area contributed by atoms with Crippen molar-refractivity contribution in [3.63, 3.8) is 0 Å². The fraction of sp³-hybridized carbons (Fsp3) is 0.250. The number of aryl methyl sites for hydroxylation is 1. The molecule has 0 spiro atoms. The van der Waals surface area contributed by atoms with Crippen molar-refractivity contribution in [1.29, 1.82) is 0 Å². The van der Waals surface area contributed by atoms with Gasteiger partial charge in [0.25, 0.3) is 5.91 Å². The predicted molar refractivity (Wildman–Crippen MR) is 98.0 cm³/mol. The summed E-state index contributed by atoms with van der Waals surface area (Å²) in [6, 6.07) is 9.53. The molecule has 0 radical (unpaired) electrons. The van der Waals surface area contributed by atoms with Crippen LogP contribution in [0.2, 0.25) is 0 Å². The van der Waals surface area contributed by atoms with Crippen molar-refractivity contribution >= 4 is 39.2 Å². The monoisotopic (exact) mass is 365 g/mol. The molecule has 0 saturated heterocycles. The van der Waals surface area contributed by atoms with Gasteiger partial charge in [0.05, 0.1) is 18.2 Å². The predicted octanol–water partition coefficient (Wildman–Crippen LogP) is 2.36. The molecule has 1 aromatic heterocycles. The quantitative estimate of drug-likeness (QED) is 0.630. The number of hydrogen-bond donors (Lipinski definition) is 1. The first-order valence-electron chi connectivity index (χ1n) is 7.22. The standard InChI is InChI=1S/C16H19N3O3S2/c1-12-9-10-23-15(12)11-17-18-16(20)13(2)19(24(3,21)22)14-7-5-4-6-8-14/h4-11,13H,1-3H3,(H,18,20)/b17-11-/t13-/m1/s1. The summed E-state index contributed by atoms with van der Waals surface area (Å²) in [5.41, 5.74) is 3.90. The van der Waals surface area contributed by atoms with E-state index in [-0.39, 0.29) is 0 Å². The molecule has 0 fully saturated rings. The molecular weight excluding hydrogens is 346 g/mol. The van der Waals surface area contributed by atoms with Gasteiger partial charge in [-0.1, -0.05) is 18.2 Å². The molecule has 1 aromatic carbocycles. The third-order valence-electron chi connectivity index (χ3n) is 3.36. The molecule has 0 saturated carbocycles. The van der Waals surface area contributed by atoms with Gasteiger partial charge < -0.3 is 0 Å². The largest absolute Gasteiger partial charge is 0.271 e.